The summed E-state index contributed by atoms with van der Waals surface area (Å²) in [4.78, 5) is 25.0. The van der Waals surface area contributed by atoms with Gasteiger partial charge < -0.3 is 24.8 Å². The molecule has 7 nitrogen and oxygen atoms in total. The maximum atomic E-state index is 12.6. The van der Waals surface area contributed by atoms with Crippen LogP contribution in [0.25, 0.3) is 5.70 Å². The van der Waals surface area contributed by atoms with E-state index in [1.807, 2.05) is 37.3 Å². The van der Waals surface area contributed by atoms with Crippen molar-refractivity contribution in [2.45, 2.75) is 13.0 Å². The topological polar surface area (TPSA) is 85.9 Å². The molecule has 0 aliphatic carbocycles. The number of urea groups is 1. The van der Waals surface area contributed by atoms with Crippen LogP contribution < -0.4 is 20.1 Å². The van der Waals surface area contributed by atoms with Gasteiger partial charge in [-0.05, 0) is 30.2 Å². The van der Waals surface area contributed by atoms with Crippen molar-refractivity contribution in [3.63, 3.8) is 0 Å². The monoisotopic (exact) mass is 382 g/mol. The maximum Gasteiger partial charge on any atom is 0.338 e. The summed E-state index contributed by atoms with van der Waals surface area (Å²) < 4.78 is 16.0. The van der Waals surface area contributed by atoms with E-state index >= 15 is 0 Å². The van der Waals surface area contributed by atoms with E-state index < -0.39 is 18.0 Å². The van der Waals surface area contributed by atoms with Crippen molar-refractivity contribution in [1.82, 2.24) is 10.6 Å². The van der Waals surface area contributed by atoms with Crippen LogP contribution in [0.2, 0.25) is 0 Å². The summed E-state index contributed by atoms with van der Waals surface area (Å²) >= 11 is 0. The zero-order valence-corrected chi connectivity index (χ0v) is 15.9. The minimum atomic E-state index is -0.707. The van der Waals surface area contributed by atoms with Gasteiger partial charge in [0.2, 0.25) is 0 Å². The molecule has 0 bridgehead atoms. The highest BCUT2D eigenvalue weighted by Gasteiger charge is 2.34. The Hall–Kier alpha value is -3.48. The van der Waals surface area contributed by atoms with Crippen LogP contribution in [0.3, 0.4) is 0 Å². The lowest BCUT2D eigenvalue weighted by molar-refractivity contribution is -0.136. The summed E-state index contributed by atoms with van der Waals surface area (Å²) in [6.07, 6.45) is 0. The average molecular weight is 382 g/mol. The van der Waals surface area contributed by atoms with E-state index in [0.717, 1.165) is 0 Å². The predicted octanol–water partition coefficient (Wildman–Crippen LogP) is 3.03. The highest BCUT2D eigenvalue weighted by Crippen LogP contribution is 2.36. The van der Waals surface area contributed by atoms with E-state index in [1.165, 1.54) is 14.2 Å². The van der Waals surface area contributed by atoms with Crippen LogP contribution in [0.1, 0.15) is 24.1 Å². The number of hydrogen-bond acceptors (Lipinski definition) is 5. The second kappa shape index (κ2) is 8.47. The Balaban J connectivity index is 2.15. The lowest BCUT2D eigenvalue weighted by Crippen LogP contribution is -2.45. The van der Waals surface area contributed by atoms with E-state index in [0.29, 0.717) is 40.5 Å². The summed E-state index contributed by atoms with van der Waals surface area (Å²) in [6.45, 7) is 2.37. The number of rotatable bonds is 6. The van der Waals surface area contributed by atoms with Gasteiger partial charge in [0.25, 0.3) is 0 Å². The summed E-state index contributed by atoms with van der Waals surface area (Å²) in [7, 11) is 2.85. The molecule has 28 heavy (non-hydrogen) atoms. The van der Waals surface area contributed by atoms with Crippen molar-refractivity contribution >= 4 is 17.7 Å². The van der Waals surface area contributed by atoms with E-state index in [-0.39, 0.29) is 0 Å². The second-order valence-corrected chi connectivity index (χ2v) is 6.02. The Morgan fingerprint density at radius 2 is 1.82 bits per heavy atom. The molecular formula is C21H22N2O5. The number of esters is 1. The largest absolute Gasteiger partial charge is 0.493 e. The highest BCUT2D eigenvalue weighted by atomic mass is 16.5. The molecule has 0 saturated heterocycles. The van der Waals surface area contributed by atoms with Crippen LogP contribution in [0.4, 0.5) is 4.79 Å². The van der Waals surface area contributed by atoms with Gasteiger partial charge in [-0.3, -0.25) is 0 Å². The van der Waals surface area contributed by atoms with E-state index in [9.17, 15) is 9.59 Å². The minimum Gasteiger partial charge on any atom is -0.493 e. The molecule has 1 atom stereocenters. The van der Waals surface area contributed by atoms with E-state index in [4.69, 9.17) is 14.2 Å². The van der Waals surface area contributed by atoms with Crippen molar-refractivity contribution in [2.24, 2.45) is 0 Å². The molecule has 0 spiro atoms. The molecule has 0 fully saturated rings. The van der Waals surface area contributed by atoms with Crippen molar-refractivity contribution in [2.75, 3.05) is 20.8 Å². The van der Waals surface area contributed by atoms with Crippen LogP contribution in [0.5, 0.6) is 11.5 Å². The Morgan fingerprint density at radius 1 is 1.07 bits per heavy atom. The third-order valence-electron chi connectivity index (χ3n) is 4.36. The van der Waals surface area contributed by atoms with Gasteiger partial charge >= 0.3 is 12.0 Å². The predicted molar refractivity (Wildman–Crippen MR) is 104 cm³/mol. The minimum absolute atomic E-state index is 0.305. The summed E-state index contributed by atoms with van der Waals surface area (Å²) in [5.41, 5.74) is 2.10. The second-order valence-electron chi connectivity index (χ2n) is 6.02. The molecular weight excluding hydrogens is 360 g/mol. The molecule has 1 heterocycles. The Labute approximate surface area is 163 Å². The normalized spacial score (nSPS) is 16.1. The van der Waals surface area contributed by atoms with Crippen LogP contribution in [-0.2, 0) is 9.53 Å². The third-order valence-corrected chi connectivity index (χ3v) is 4.36. The Kier molecular flexibility index (Phi) is 5.84. The van der Waals surface area contributed by atoms with E-state index in [1.54, 1.807) is 18.2 Å². The number of amides is 2. The molecule has 1 aliphatic heterocycles. The quantitative estimate of drug-likeness (QED) is 0.750. The molecule has 2 N–H and O–H groups in total. The van der Waals surface area contributed by atoms with Gasteiger partial charge in [-0.1, -0.05) is 36.4 Å². The molecule has 3 rings (SSSR count). The van der Waals surface area contributed by atoms with Crippen molar-refractivity contribution in [1.29, 1.82) is 0 Å². The SMILES string of the molecule is CCOc1ccc(C2NC(=O)NC(c3ccccc3)=C2C(=O)OC)cc1OC. The number of ether oxygens (including phenoxy) is 3. The summed E-state index contributed by atoms with van der Waals surface area (Å²) in [5.74, 6) is 0.558. The number of benzene rings is 2. The molecule has 0 radical (unpaired) electrons. The molecule has 146 valence electrons. The number of carbonyl (C=O) groups is 2. The van der Waals surface area contributed by atoms with Gasteiger partial charge in [-0.15, -0.1) is 0 Å². The first-order valence-corrected chi connectivity index (χ1v) is 8.85. The molecule has 1 unspecified atom stereocenters. The van der Waals surface area contributed by atoms with Gasteiger partial charge in [0.15, 0.2) is 11.5 Å². The van der Waals surface area contributed by atoms with Gasteiger partial charge in [-0.2, -0.15) is 0 Å². The zero-order chi connectivity index (χ0) is 20.1. The fourth-order valence-electron chi connectivity index (χ4n) is 3.12. The highest BCUT2D eigenvalue weighted by molar-refractivity contribution is 6.04. The third kappa shape index (κ3) is 3.78. The lowest BCUT2D eigenvalue weighted by atomic mass is 9.92. The van der Waals surface area contributed by atoms with Gasteiger partial charge in [0.1, 0.15) is 0 Å². The van der Waals surface area contributed by atoms with Crippen LogP contribution >= 0.6 is 0 Å². The average Bonchev–Trinajstić information content (AvgIpc) is 2.73. The zero-order valence-electron chi connectivity index (χ0n) is 15.9. The smallest absolute Gasteiger partial charge is 0.338 e. The molecule has 2 amide bonds. The fourth-order valence-corrected chi connectivity index (χ4v) is 3.12. The molecule has 0 saturated carbocycles. The fraction of sp³-hybridized carbons (Fsp3) is 0.238. The summed E-state index contributed by atoms with van der Waals surface area (Å²) in [6, 6.07) is 13.3. The van der Waals surface area contributed by atoms with E-state index in [2.05, 4.69) is 10.6 Å². The maximum absolute atomic E-state index is 12.6. The van der Waals surface area contributed by atoms with Crippen LogP contribution in [0.15, 0.2) is 54.1 Å². The number of nitrogens with one attached hydrogen (secondary N) is 2. The summed E-state index contributed by atoms with van der Waals surface area (Å²) in [5, 5.41) is 5.53. The first-order valence-electron chi connectivity index (χ1n) is 8.85. The lowest BCUT2D eigenvalue weighted by Gasteiger charge is -2.29. The molecule has 1 aliphatic rings. The standard InChI is InChI=1S/C21H22N2O5/c1-4-28-15-11-10-14(12-16(15)26-2)19-17(20(24)27-3)18(22-21(25)23-19)13-8-6-5-7-9-13/h5-12,19H,4H2,1-3H3,(H2,22,23,25). The van der Waals surface area contributed by atoms with Crippen molar-refractivity contribution in [3.05, 3.63) is 65.2 Å². The molecule has 2 aromatic rings. The Bertz CT molecular complexity index is 908. The van der Waals surface area contributed by atoms with Crippen molar-refractivity contribution < 1.29 is 23.8 Å². The molecule has 0 aromatic heterocycles. The first-order chi connectivity index (χ1) is 13.6. The van der Waals surface area contributed by atoms with Gasteiger partial charge in [0.05, 0.1) is 38.1 Å². The van der Waals surface area contributed by atoms with Crippen LogP contribution in [-0.4, -0.2) is 32.8 Å². The van der Waals surface area contributed by atoms with Gasteiger partial charge in [0, 0.05) is 0 Å². The van der Waals surface area contributed by atoms with Crippen molar-refractivity contribution in [3.8, 4) is 11.5 Å². The van der Waals surface area contributed by atoms with Gasteiger partial charge in [-0.25, -0.2) is 9.59 Å². The number of carbonyl (C=O) groups excluding carboxylic acids is 2. The first kappa shape index (κ1) is 19.3. The number of hydrogen-bond donors (Lipinski definition) is 2. The Morgan fingerprint density at radius 3 is 2.46 bits per heavy atom. The number of methoxy groups -OCH3 is 2. The van der Waals surface area contributed by atoms with Crippen LogP contribution in [0, 0.1) is 0 Å². The molecule has 2 aromatic carbocycles. The molecule has 7 heteroatoms.